The quantitative estimate of drug-likeness (QED) is 0.437. The Morgan fingerprint density at radius 1 is 0.938 bits per heavy atom. The number of hydrogen-bond donors (Lipinski definition) is 3. The van der Waals surface area contributed by atoms with Gasteiger partial charge in [-0.05, 0) is 6.42 Å². The Morgan fingerprint density at radius 2 is 1.56 bits per heavy atom. The first-order valence-electron chi connectivity index (χ1n) is 5.83. The van der Waals surface area contributed by atoms with Crippen LogP contribution in [0.5, 0.6) is 0 Å². The maximum atomic E-state index is 9.40. The Hall–Kier alpha value is -0.200. The highest BCUT2D eigenvalue weighted by atomic mass is 16.5. The fourth-order valence-corrected chi connectivity index (χ4v) is 1.11. The summed E-state index contributed by atoms with van der Waals surface area (Å²) in [5, 5.41) is 26.9. The van der Waals surface area contributed by atoms with Crippen LogP contribution in [0.2, 0.25) is 0 Å². The second-order valence-electron chi connectivity index (χ2n) is 3.81. The van der Waals surface area contributed by atoms with Crippen LogP contribution in [0.1, 0.15) is 26.2 Å². The van der Waals surface area contributed by atoms with Crippen molar-refractivity contribution in [3.8, 4) is 0 Å². The molecule has 0 bridgehead atoms. The van der Waals surface area contributed by atoms with Crippen molar-refractivity contribution in [2.45, 2.75) is 38.4 Å². The Labute approximate surface area is 97.0 Å². The summed E-state index contributed by atoms with van der Waals surface area (Å²) in [5.41, 5.74) is 0. The van der Waals surface area contributed by atoms with Crippen LogP contribution in [0.15, 0.2) is 0 Å². The van der Waals surface area contributed by atoms with Crippen LogP contribution in [0, 0.1) is 0 Å². The summed E-state index contributed by atoms with van der Waals surface area (Å²) < 4.78 is 10.2. The Morgan fingerprint density at radius 3 is 2.19 bits per heavy atom. The molecule has 3 N–H and O–H groups in total. The highest BCUT2D eigenvalue weighted by Gasteiger charge is 2.07. The smallest absolute Gasteiger partial charge is 0.101 e. The SMILES string of the molecule is CCCCCOCC(O)COCC(O)CO. The zero-order valence-electron chi connectivity index (χ0n) is 9.97. The summed E-state index contributed by atoms with van der Waals surface area (Å²) in [4.78, 5) is 0. The fourth-order valence-electron chi connectivity index (χ4n) is 1.11. The van der Waals surface area contributed by atoms with Gasteiger partial charge >= 0.3 is 0 Å². The number of aliphatic hydroxyl groups is 3. The van der Waals surface area contributed by atoms with E-state index >= 15 is 0 Å². The minimum Gasteiger partial charge on any atom is -0.394 e. The van der Waals surface area contributed by atoms with E-state index in [4.69, 9.17) is 19.7 Å². The Balaban J connectivity index is 3.21. The van der Waals surface area contributed by atoms with Gasteiger partial charge in [-0.2, -0.15) is 0 Å². The van der Waals surface area contributed by atoms with E-state index < -0.39 is 12.2 Å². The summed E-state index contributed by atoms with van der Waals surface area (Å²) in [6, 6.07) is 0. The highest BCUT2D eigenvalue weighted by Crippen LogP contribution is 1.96. The molecule has 0 aromatic heterocycles. The van der Waals surface area contributed by atoms with Gasteiger partial charge in [0.05, 0.1) is 26.4 Å². The van der Waals surface area contributed by atoms with E-state index in [0.29, 0.717) is 6.61 Å². The van der Waals surface area contributed by atoms with Crippen LogP contribution in [-0.2, 0) is 9.47 Å². The maximum absolute atomic E-state index is 9.40. The molecule has 0 aliphatic rings. The first-order valence-corrected chi connectivity index (χ1v) is 5.83. The molecule has 0 fully saturated rings. The lowest BCUT2D eigenvalue weighted by molar-refractivity contribution is -0.0481. The molecule has 5 nitrogen and oxygen atoms in total. The van der Waals surface area contributed by atoms with Gasteiger partial charge in [0.15, 0.2) is 0 Å². The van der Waals surface area contributed by atoms with Crippen LogP contribution in [0.4, 0.5) is 0 Å². The molecule has 16 heavy (non-hydrogen) atoms. The monoisotopic (exact) mass is 236 g/mol. The molecule has 2 unspecified atom stereocenters. The zero-order chi connectivity index (χ0) is 12.2. The van der Waals surface area contributed by atoms with Gasteiger partial charge in [0, 0.05) is 6.61 Å². The van der Waals surface area contributed by atoms with E-state index in [1.54, 1.807) is 0 Å². The minimum atomic E-state index is -0.877. The van der Waals surface area contributed by atoms with Crippen molar-refractivity contribution in [3.63, 3.8) is 0 Å². The van der Waals surface area contributed by atoms with Gasteiger partial charge in [-0.3, -0.25) is 0 Å². The van der Waals surface area contributed by atoms with Gasteiger partial charge in [0.2, 0.25) is 0 Å². The van der Waals surface area contributed by atoms with Crippen LogP contribution in [-0.4, -0.2) is 60.6 Å². The molecule has 0 radical (unpaired) electrons. The van der Waals surface area contributed by atoms with E-state index in [2.05, 4.69) is 6.92 Å². The molecule has 0 aliphatic heterocycles. The molecule has 0 rings (SSSR count). The van der Waals surface area contributed by atoms with Gasteiger partial charge < -0.3 is 24.8 Å². The average Bonchev–Trinajstić information content (AvgIpc) is 2.28. The molecule has 0 amide bonds. The molecule has 0 aromatic carbocycles. The molecule has 0 saturated heterocycles. The van der Waals surface area contributed by atoms with Gasteiger partial charge in [-0.1, -0.05) is 19.8 Å². The highest BCUT2D eigenvalue weighted by molar-refractivity contribution is 4.54. The fraction of sp³-hybridized carbons (Fsp3) is 1.00. The second kappa shape index (κ2) is 11.3. The summed E-state index contributed by atoms with van der Waals surface area (Å²) in [6.45, 7) is 2.84. The van der Waals surface area contributed by atoms with Crippen LogP contribution >= 0.6 is 0 Å². The summed E-state index contributed by atoms with van der Waals surface area (Å²) >= 11 is 0. The first-order chi connectivity index (χ1) is 7.70. The summed E-state index contributed by atoms with van der Waals surface area (Å²) in [6.07, 6.45) is 1.74. The topological polar surface area (TPSA) is 79.2 Å². The van der Waals surface area contributed by atoms with Crippen LogP contribution < -0.4 is 0 Å². The first kappa shape index (κ1) is 15.8. The minimum absolute atomic E-state index is 0.0311. The number of unbranched alkanes of at least 4 members (excludes halogenated alkanes) is 2. The van der Waals surface area contributed by atoms with Crippen molar-refractivity contribution in [3.05, 3.63) is 0 Å². The van der Waals surface area contributed by atoms with Crippen molar-refractivity contribution >= 4 is 0 Å². The Kier molecular flexibility index (Phi) is 11.1. The number of aliphatic hydroxyl groups excluding tert-OH is 3. The predicted octanol–water partition coefficient (Wildman–Crippen LogP) is -0.0761. The van der Waals surface area contributed by atoms with Crippen molar-refractivity contribution in [1.82, 2.24) is 0 Å². The lowest BCUT2D eigenvalue weighted by Crippen LogP contribution is -2.26. The lowest BCUT2D eigenvalue weighted by atomic mass is 10.3. The lowest BCUT2D eigenvalue weighted by Gasteiger charge is -2.13. The number of rotatable bonds is 11. The number of hydrogen-bond acceptors (Lipinski definition) is 5. The molecular formula is C11H24O5. The normalized spacial score (nSPS) is 15.0. The third-order valence-electron chi connectivity index (χ3n) is 2.03. The summed E-state index contributed by atoms with van der Waals surface area (Å²) in [7, 11) is 0. The third-order valence-corrected chi connectivity index (χ3v) is 2.03. The summed E-state index contributed by atoms with van der Waals surface area (Å²) in [5.74, 6) is 0. The van der Waals surface area contributed by atoms with Crippen molar-refractivity contribution < 1.29 is 24.8 Å². The molecule has 0 saturated carbocycles. The molecule has 0 aromatic rings. The molecule has 0 spiro atoms. The van der Waals surface area contributed by atoms with Crippen LogP contribution in [0.3, 0.4) is 0 Å². The van der Waals surface area contributed by atoms with E-state index in [9.17, 15) is 5.11 Å². The van der Waals surface area contributed by atoms with Crippen LogP contribution in [0.25, 0.3) is 0 Å². The largest absolute Gasteiger partial charge is 0.394 e. The van der Waals surface area contributed by atoms with Gasteiger partial charge in [-0.15, -0.1) is 0 Å². The molecule has 2 atom stereocenters. The van der Waals surface area contributed by atoms with Gasteiger partial charge in [0.25, 0.3) is 0 Å². The van der Waals surface area contributed by atoms with Gasteiger partial charge in [0.1, 0.15) is 12.2 Å². The molecule has 0 aliphatic carbocycles. The van der Waals surface area contributed by atoms with E-state index in [-0.39, 0.29) is 26.4 Å². The van der Waals surface area contributed by atoms with E-state index in [1.807, 2.05) is 0 Å². The van der Waals surface area contributed by atoms with Crippen molar-refractivity contribution in [2.24, 2.45) is 0 Å². The molecular weight excluding hydrogens is 212 g/mol. The predicted molar refractivity (Wildman–Crippen MR) is 60.3 cm³/mol. The average molecular weight is 236 g/mol. The zero-order valence-corrected chi connectivity index (χ0v) is 9.97. The Bertz CT molecular complexity index is 142. The molecule has 98 valence electrons. The maximum Gasteiger partial charge on any atom is 0.101 e. The van der Waals surface area contributed by atoms with Crippen molar-refractivity contribution in [2.75, 3.05) is 33.0 Å². The van der Waals surface area contributed by atoms with Gasteiger partial charge in [-0.25, -0.2) is 0 Å². The second-order valence-corrected chi connectivity index (χ2v) is 3.81. The van der Waals surface area contributed by atoms with E-state index in [0.717, 1.165) is 19.3 Å². The third kappa shape index (κ3) is 10.3. The molecule has 5 heteroatoms. The number of ether oxygens (including phenoxy) is 2. The standard InChI is InChI=1S/C11H24O5/c1-2-3-4-5-15-8-11(14)9-16-7-10(13)6-12/h10-14H,2-9H2,1H3. The van der Waals surface area contributed by atoms with E-state index in [1.165, 1.54) is 0 Å². The molecule has 0 heterocycles. The van der Waals surface area contributed by atoms with Crippen molar-refractivity contribution in [1.29, 1.82) is 0 Å².